The van der Waals surface area contributed by atoms with E-state index in [0.717, 1.165) is 34.5 Å². The van der Waals surface area contributed by atoms with Gasteiger partial charge in [-0.05, 0) is 53.5 Å². The maximum absolute atomic E-state index is 13.0. The number of nitrogens with zero attached hydrogens (tertiary/aromatic N) is 1. The third-order valence-corrected chi connectivity index (χ3v) is 3.86. The van der Waals surface area contributed by atoms with Crippen LogP contribution in [0.5, 0.6) is 0 Å². The highest BCUT2D eigenvalue weighted by atomic mass is 79.9. The molecular weight excluding hydrogens is 297 g/mol. The summed E-state index contributed by atoms with van der Waals surface area (Å²) >= 11 is 3.37. The minimum atomic E-state index is -0.247. The molecule has 0 bridgehead atoms. The highest BCUT2D eigenvalue weighted by molar-refractivity contribution is 9.10. The number of imidazole rings is 1. The summed E-state index contributed by atoms with van der Waals surface area (Å²) < 4.78 is 13.8. The fourth-order valence-corrected chi connectivity index (χ4v) is 2.84. The number of H-pyrrole nitrogens is 1. The van der Waals surface area contributed by atoms with E-state index in [0.29, 0.717) is 6.04 Å². The second-order valence-electron chi connectivity index (χ2n) is 4.46. The van der Waals surface area contributed by atoms with E-state index in [-0.39, 0.29) is 5.82 Å². The number of rotatable bonds is 2. The van der Waals surface area contributed by atoms with Crippen LogP contribution in [0.1, 0.15) is 24.7 Å². The van der Waals surface area contributed by atoms with E-state index in [4.69, 9.17) is 0 Å². The molecule has 3 rings (SSSR count). The average molecular weight is 310 g/mol. The Kier molecular flexibility index (Phi) is 3.18. The van der Waals surface area contributed by atoms with Gasteiger partial charge in [0, 0.05) is 10.0 Å². The van der Waals surface area contributed by atoms with Gasteiger partial charge < -0.3 is 10.3 Å². The van der Waals surface area contributed by atoms with Gasteiger partial charge in [0.05, 0.1) is 17.9 Å². The summed E-state index contributed by atoms with van der Waals surface area (Å²) in [6, 6.07) is 4.98. The van der Waals surface area contributed by atoms with Crippen LogP contribution in [0.15, 0.2) is 28.9 Å². The van der Waals surface area contributed by atoms with Gasteiger partial charge in [0.1, 0.15) is 11.6 Å². The second-order valence-corrected chi connectivity index (χ2v) is 5.31. The normalized spacial score (nSPS) is 19.3. The van der Waals surface area contributed by atoms with Crippen molar-refractivity contribution < 1.29 is 4.39 Å². The Morgan fingerprint density at radius 1 is 1.39 bits per heavy atom. The number of hydrogen-bond donors (Lipinski definition) is 2. The largest absolute Gasteiger partial charge is 0.341 e. The first kappa shape index (κ1) is 11.9. The summed E-state index contributed by atoms with van der Waals surface area (Å²) in [5, 5.41) is 3.40. The first-order valence-corrected chi connectivity index (χ1v) is 6.77. The summed E-state index contributed by atoms with van der Waals surface area (Å²) in [7, 11) is 0. The van der Waals surface area contributed by atoms with Crippen LogP contribution in [0.2, 0.25) is 0 Å². The fourth-order valence-electron chi connectivity index (χ4n) is 2.28. The Labute approximate surface area is 113 Å². The number of benzene rings is 1. The Hall–Kier alpha value is -1.20. The maximum Gasteiger partial charge on any atom is 0.124 e. The molecule has 94 valence electrons. The lowest BCUT2D eigenvalue weighted by atomic mass is 10.2. The first-order valence-electron chi connectivity index (χ1n) is 5.98. The van der Waals surface area contributed by atoms with Crippen LogP contribution in [-0.4, -0.2) is 16.5 Å². The Balaban J connectivity index is 1.92. The van der Waals surface area contributed by atoms with E-state index in [9.17, 15) is 4.39 Å². The molecule has 1 aliphatic heterocycles. The van der Waals surface area contributed by atoms with E-state index in [1.54, 1.807) is 12.3 Å². The van der Waals surface area contributed by atoms with Crippen LogP contribution >= 0.6 is 15.9 Å². The Morgan fingerprint density at radius 2 is 2.28 bits per heavy atom. The highest BCUT2D eigenvalue weighted by Gasteiger charge is 2.19. The van der Waals surface area contributed by atoms with Gasteiger partial charge in [-0.1, -0.05) is 0 Å². The van der Waals surface area contributed by atoms with E-state index in [1.807, 2.05) is 0 Å². The molecule has 1 aliphatic rings. The van der Waals surface area contributed by atoms with Crippen molar-refractivity contribution in [2.75, 3.05) is 6.54 Å². The van der Waals surface area contributed by atoms with Crippen LogP contribution in [0, 0.1) is 5.82 Å². The van der Waals surface area contributed by atoms with Gasteiger partial charge in [-0.15, -0.1) is 0 Å². The van der Waals surface area contributed by atoms with Crippen molar-refractivity contribution in [3.05, 3.63) is 40.5 Å². The van der Waals surface area contributed by atoms with Gasteiger partial charge >= 0.3 is 0 Å². The second kappa shape index (κ2) is 4.82. The topological polar surface area (TPSA) is 40.7 Å². The molecule has 1 saturated heterocycles. The molecule has 1 aromatic carbocycles. The molecule has 5 heteroatoms. The molecule has 2 N–H and O–H groups in total. The molecule has 3 nitrogen and oxygen atoms in total. The summed E-state index contributed by atoms with van der Waals surface area (Å²) in [5.41, 5.74) is 1.83. The maximum atomic E-state index is 13.0. The molecule has 0 radical (unpaired) electrons. The van der Waals surface area contributed by atoms with Gasteiger partial charge in [-0.25, -0.2) is 9.37 Å². The van der Waals surface area contributed by atoms with Gasteiger partial charge in [0.15, 0.2) is 0 Å². The van der Waals surface area contributed by atoms with E-state index in [1.165, 1.54) is 18.6 Å². The van der Waals surface area contributed by atoms with Crippen molar-refractivity contribution in [1.82, 2.24) is 15.3 Å². The third kappa shape index (κ3) is 2.20. The van der Waals surface area contributed by atoms with E-state index >= 15 is 0 Å². The number of aromatic amines is 1. The van der Waals surface area contributed by atoms with E-state index < -0.39 is 0 Å². The van der Waals surface area contributed by atoms with Crippen LogP contribution in [0.4, 0.5) is 4.39 Å². The zero-order valence-electron chi connectivity index (χ0n) is 9.71. The standard InChI is InChI=1S/C13H13BrFN3/c14-10-6-8(15)3-4-9(10)12-7-17-13(18-12)11-2-1-5-16-11/h3-4,6-7,11,16H,1-2,5H2,(H,17,18). The van der Waals surface area contributed by atoms with Crippen molar-refractivity contribution >= 4 is 15.9 Å². The number of hydrogen-bond acceptors (Lipinski definition) is 2. The van der Waals surface area contributed by atoms with Crippen molar-refractivity contribution in [2.24, 2.45) is 0 Å². The molecule has 1 aromatic heterocycles. The summed E-state index contributed by atoms with van der Waals surface area (Å²) in [4.78, 5) is 7.71. The lowest BCUT2D eigenvalue weighted by Crippen LogP contribution is -2.14. The monoisotopic (exact) mass is 309 g/mol. The Morgan fingerprint density at radius 3 is 3.00 bits per heavy atom. The predicted molar refractivity (Wildman–Crippen MR) is 71.7 cm³/mol. The molecule has 0 spiro atoms. The lowest BCUT2D eigenvalue weighted by Gasteiger charge is -2.06. The van der Waals surface area contributed by atoms with Gasteiger partial charge in [0.25, 0.3) is 0 Å². The van der Waals surface area contributed by atoms with Crippen LogP contribution in [-0.2, 0) is 0 Å². The highest BCUT2D eigenvalue weighted by Crippen LogP contribution is 2.29. The van der Waals surface area contributed by atoms with Crippen molar-refractivity contribution in [3.8, 4) is 11.3 Å². The van der Waals surface area contributed by atoms with Crippen LogP contribution in [0.25, 0.3) is 11.3 Å². The molecule has 0 saturated carbocycles. The average Bonchev–Trinajstić information content (AvgIpc) is 2.99. The van der Waals surface area contributed by atoms with Gasteiger partial charge in [-0.2, -0.15) is 0 Å². The smallest absolute Gasteiger partial charge is 0.124 e. The molecule has 1 unspecified atom stereocenters. The zero-order valence-corrected chi connectivity index (χ0v) is 11.3. The van der Waals surface area contributed by atoms with Crippen molar-refractivity contribution in [1.29, 1.82) is 0 Å². The summed E-state index contributed by atoms with van der Waals surface area (Å²) in [6.07, 6.45) is 4.09. The fraction of sp³-hybridized carbons (Fsp3) is 0.308. The van der Waals surface area contributed by atoms with E-state index in [2.05, 4.69) is 31.2 Å². The van der Waals surface area contributed by atoms with Crippen LogP contribution in [0.3, 0.4) is 0 Å². The minimum Gasteiger partial charge on any atom is -0.341 e. The molecule has 18 heavy (non-hydrogen) atoms. The molecule has 1 fully saturated rings. The molecule has 0 amide bonds. The molecule has 2 aromatic rings. The molecule has 1 atom stereocenters. The number of nitrogens with one attached hydrogen (secondary N) is 2. The first-order chi connectivity index (χ1) is 8.74. The number of aromatic nitrogens is 2. The molecular formula is C13H13BrFN3. The van der Waals surface area contributed by atoms with Crippen molar-refractivity contribution in [2.45, 2.75) is 18.9 Å². The number of halogens is 2. The van der Waals surface area contributed by atoms with Crippen LogP contribution < -0.4 is 5.32 Å². The lowest BCUT2D eigenvalue weighted by molar-refractivity contribution is 0.613. The minimum absolute atomic E-state index is 0.247. The zero-order chi connectivity index (χ0) is 12.5. The predicted octanol–water partition coefficient (Wildman–Crippen LogP) is 3.40. The Bertz CT molecular complexity index is 561. The molecule has 2 heterocycles. The van der Waals surface area contributed by atoms with Crippen molar-refractivity contribution in [3.63, 3.8) is 0 Å². The summed E-state index contributed by atoms with van der Waals surface area (Å²) in [5.74, 6) is 0.710. The van der Waals surface area contributed by atoms with Gasteiger partial charge in [-0.3, -0.25) is 0 Å². The summed E-state index contributed by atoms with van der Waals surface area (Å²) in [6.45, 7) is 1.04. The SMILES string of the molecule is Fc1ccc(-c2cnc(C3CCCN3)[nH]2)c(Br)c1. The quantitative estimate of drug-likeness (QED) is 0.892. The molecule has 0 aliphatic carbocycles. The third-order valence-electron chi connectivity index (χ3n) is 3.21. The van der Waals surface area contributed by atoms with Gasteiger partial charge in [0.2, 0.25) is 0 Å².